The Morgan fingerprint density at radius 3 is 2.61 bits per heavy atom. The summed E-state index contributed by atoms with van der Waals surface area (Å²) in [5.74, 6) is 0.658. The number of hydrogen-bond donors (Lipinski definition) is 0. The van der Waals surface area contributed by atoms with Crippen LogP contribution in [-0.2, 0) is 17.8 Å². The maximum absolute atomic E-state index is 13.6. The maximum atomic E-state index is 13.6. The molecule has 0 fully saturated rings. The number of hydrogen-bond acceptors (Lipinski definition) is 6. The molecule has 0 bridgehead atoms. The SMILES string of the molecule is CCn1ncc(CN(C)C(=O)c2nc(-c3ccc(OCCOC)c(Cl)c3)nc3ccc(Cl)cc23)c1C. The van der Waals surface area contributed by atoms with E-state index >= 15 is 0 Å². The Balaban J connectivity index is 1.71. The number of nitrogens with zero attached hydrogens (tertiary/aromatic N) is 5. The van der Waals surface area contributed by atoms with Crippen LogP contribution in [0.5, 0.6) is 5.75 Å². The lowest BCUT2D eigenvalue weighted by molar-refractivity contribution is 0.0781. The zero-order chi connectivity index (χ0) is 25.8. The highest BCUT2D eigenvalue weighted by Gasteiger charge is 2.21. The van der Waals surface area contributed by atoms with Crippen molar-refractivity contribution >= 4 is 40.0 Å². The summed E-state index contributed by atoms with van der Waals surface area (Å²) < 4.78 is 12.6. The Bertz CT molecular complexity index is 1410. The van der Waals surface area contributed by atoms with Crippen molar-refractivity contribution in [1.29, 1.82) is 0 Å². The average molecular weight is 528 g/mol. The molecule has 0 aliphatic rings. The van der Waals surface area contributed by atoms with Crippen LogP contribution in [0.15, 0.2) is 42.6 Å². The molecule has 0 radical (unpaired) electrons. The third-order valence-corrected chi connectivity index (χ3v) is 6.38. The number of ether oxygens (including phenoxy) is 2. The Labute approximate surface area is 219 Å². The zero-order valence-corrected chi connectivity index (χ0v) is 22.1. The minimum absolute atomic E-state index is 0.250. The molecule has 188 valence electrons. The van der Waals surface area contributed by atoms with Gasteiger partial charge in [-0.1, -0.05) is 23.2 Å². The van der Waals surface area contributed by atoms with Crippen molar-refractivity contribution in [3.63, 3.8) is 0 Å². The molecule has 2 heterocycles. The van der Waals surface area contributed by atoms with Gasteiger partial charge in [-0.25, -0.2) is 9.97 Å². The van der Waals surface area contributed by atoms with E-state index in [4.69, 9.17) is 32.7 Å². The van der Waals surface area contributed by atoms with Crippen molar-refractivity contribution in [1.82, 2.24) is 24.6 Å². The number of carbonyl (C=O) groups excluding carboxylic acids is 1. The van der Waals surface area contributed by atoms with Gasteiger partial charge in [-0.2, -0.15) is 5.10 Å². The van der Waals surface area contributed by atoms with Crippen LogP contribution in [0.4, 0.5) is 0 Å². The highest BCUT2D eigenvalue weighted by atomic mass is 35.5. The lowest BCUT2D eigenvalue weighted by Gasteiger charge is -2.18. The van der Waals surface area contributed by atoms with Gasteiger partial charge in [0.15, 0.2) is 5.82 Å². The normalized spacial score (nSPS) is 11.2. The molecule has 1 amide bonds. The Hall–Kier alpha value is -3.20. The fourth-order valence-corrected chi connectivity index (χ4v) is 4.26. The lowest BCUT2D eigenvalue weighted by atomic mass is 10.1. The van der Waals surface area contributed by atoms with Gasteiger partial charge in [0, 0.05) is 54.5 Å². The van der Waals surface area contributed by atoms with E-state index in [0.717, 1.165) is 17.8 Å². The molecule has 0 spiro atoms. The molecule has 2 aromatic heterocycles. The minimum atomic E-state index is -0.250. The number of benzene rings is 2. The molecule has 4 rings (SSSR count). The van der Waals surface area contributed by atoms with Crippen LogP contribution in [-0.4, -0.2) is 57.9 Å². The highest BCUT2D eigenvalue weighted by molar-refractivity contribution is 6.32. The standard InChI is InChI=1S/C26H27Cl2N5O3/c1-5-33-16(2)18(14-29-33)15-32(3)26(34)24-20-13-19(27)7-8-22(20)30-25(31-24)17-6-9-23(21(28)12-17)36-11-10-35-4/h6-9,12-14H,5,10-11,15H2,1-4H3. The average Bonchev–Trinajstić information content (AvgIpc) is 3.22. The third-order valence-electron chi connectivity index (χ3n) is 5.85. The molecule has 36 heavy (non-hydrogen) atoms. The van der Waals surface area contributed by atoms with Gasteiger partial charge >= 0.3 is 0 Å². The van der Waals surface area contributed by atoms with Crippen molar-refractivity contribution in [2.45, 2.75) is 26.9 Å². The van der Waals surface area contributed by atoms with Crippen molar-refractivity contribution < 1.29 is 14.3 Å². The summed E-state index contributed by atoms with van der Waals surface area (Å²) in [6, 6.07) is 10.5. The van der Waals surface area contributed by atoms with Crippen LogP contribution >= 0.6 is 23.2 Å². The van der Waals surface area contributed by atoms with Gasteiger partial charge in [-0.05, 0) is 50.2 Å². The quantitative estimate of drug-likeness (QED) is 0.270. The zero-order valence-electron chi connectivity index (χ0n) is 20.6. The lowest BCUT2D eigenvalue weighted by Crippen LogP contribution is -2.27. The highest BCUT2D eigenvalue weighted by Crippen LogP contribution is 2.31. The van der Waals surface area contributed by atoms with E-state index in [1.54, 1.807) is 55.6 Å². The van der Waals surface area contributed by atoms with E-state index in [1.807, 2.05) is 24.6 Å². The van der Waals surface area contributed by atoms with Crippen LogP contribution in [0.25, 0.3) is 22.3 Å². The van der Waals surface area contributed by atoms with E-state index in [2.05, 4.69) is 15.1 Å². The van der Waals surface area contributed by atoms with E-state index < -0.39 is 0 Å². The second-order valence-electron chi connectivity index (χ2n) is 8.28. The van der Waals surface area contributed by atoms with Gasteiger partial charge in [0.2, 0.25) is 0 Å². The smallest absolute Gasteiger partial charge is 0.273 e. The number of fused-ring (bicyclic) bond motifs is 1. The molecule has 4 aromatic rings. The monoisotopic (exact) mass is 527 g/mol. The second kappa shape index (κ2) is 11.2. The summed E-state index contributed by atoms with van der Waals surface area (Å²) in [5, 5.41) is 5.87. The molecule has 8 nitrogen and oxygen atoms in total. The predicted octanol–water partition coefficient (Wildman–Crippen LogP) is 5.43. The maximum Gasteiger partial charge on any atom is 0.273 e. The Kier molecular flexibility index (Phi) is 8.08. The van der Waals surface area contributed by atoms with Gasteiger partial charge < -0.3 is 14.4 Å². The number of rotatable bonds is 9. The summed E-state index contributed by atoms with van der Waals surface area (Å²) in [4.78, 5) is 24.6. The third kappa shape index (κ3) is 5.46. The van der Waals surface area contributed by atoms with Gasteiger partial charge in [0.05, 0.1) is 23.3 Å². The summed E-state index contributed by atoms with van der Waals surface area (Å²) in [6.07, 6.45) is 1.79. The predicted molar refractivity (Wildman–Crippen MR) is 141 cm³/mol. The van der Waals surface area contributed by atoms with E-state index in [1.165, 1.54) is 0 Å². The van der Waals surface area contributed by atoms with Gasteiger partial charge in [-0.3, -0.25) is 9.48 Å². The topological polar surface area (TPSA) is 82.4 Å². The molecule has 0 atom stereocenters. The summed E-state index contributed by atoms with van der Waals surface area (Å²) in [7, 11) is 3.35. The molecule has 10 heteroatoms. The molecule has 0 saturated carbocycles. The summed E-state index contributed by atoms with van der Waals surface area (Å²) >= 11 is 12.7. The Morgan fingerprint density at radius 2 is 1.92 bits per heavy atom. The van der Waals surface area contributed by atoms with Crippen molar-refractivity contribution in [3.05, 3.63) is 69.6 Å². The fraction of sp³-hybridized carbons (Fsp3) is 0.308. The molecule has 0 aliphatic heterocycles. The first-order chi connectivity index (χ1) is 17.3. The number of methoxy groups -OCH3 is 1. The van der Waals surface area contributed by atoms with Crippen LogP contribution in [0.3, 0.4) is 0 Å². The van der Waals surface area contributed by atoms with Crippen LogP contribution in [0, 0.1) is 6.92 Å². The molecule has 0 unspecified atom stereocenters. The van der Waals surface area contributed by atoms with Crippen LogP contribution < -0.4 is 4.74 Å². The number of aromatic nitrogens is 4. The van der Waals surface area contributed by atoms with Crippen LogP contribution in [0.2, 0.25) is 10.0 Å². The number of amides is 1. The molecule has 2 aromatic carbocycles. The molecule has 0 N–H and O–H groups in total. The van der Waals surface area contributed by atoms with Crippen molar-refractivity contribution in [3.8, 4) is 17.1 Å². The molecule has 0 saturated heterocycles. The molecular weight excluding hydrogens is 501 g/mol. The van der Waals surface area contributed by atoms with Crippen molar-refractivity contribution in [2.24, 2.45) is 0 Å². The summed E-state index contributed by atoms with van der Waals surface area (Å²) in [5.41, 5.74) is 3.52. The first kappa shape index (κ1) is 25.9. The minimum Gasteiger partial charge on any atom is -0.490 e. The van der Waals surface area contributed by atoms with E-state index in [9.17, 15) is 4.79 Å². The first-order valence-corrected chi connectivity index (χ1v) is 12.2. The fourth-order valence-electron chi connectivity index (χ4n) is 3.85. The van der Waals surface area contributed by atoms with Gasteiger partial charge in [-0.15, -0.1) is 0 Å². The first-order valence-electron chi connectivity index (χ1n) is 11.5. The van der Waals surface area contributed by atoms with E-state index in [0.29, 0.717) is 57.8 Å². The van der Waals surface area contributed by atoms with Gasteiger partial charge in [0.25, 0.3) is 5.91 Å². The van der Waals surface area contributed by atoms with Crippen molar-refractivity contribution in [2.75, 3.05) is 27.4 Å². The number of carbonyl (C=O) groups is 1. The number of halogens is 2. The van der Waals surface area contributed by atoms with Gasteiger partial charge in [0.1, 0.15) is 18.1 Å². The number of aryl methyl sites for hydroxylation is 1. The molecular formula is C26H27Cl2N5O3. The summed E-state index contributed by atoms with van der Waals surface area (Å²) in [6.45, 7) is 6.01. The Morgan fingerprint density at radius 1 is 1.11 bits per heavy atom. The largest absolute Gasteiger partial charge is 0.490 e. The second-order valence-corrected chi connectivity index (χ2v) is 9.12. The molecule has 0 aliphatic carbocycles. The van der Waals surface area contributed by atoms with Crippen LogP contribution in [0.1, 0.15) is 28.7 Å². The van der Waals surface area contributed by atoms with E-state index in [-0.39, 0.29) is 11.6 Å².